The summed E-state index contributed by atoms with van der Waals surface area (Å²) in [6.07, 6.45) is 3.39. The number of azo groups is 1. The Balaban J connectivity index is 1.56. The lowest BCUT2D eigenvalue weighted by Crippen LogP contribution is -2.33. The predicted molar refractivity (Wildman–Crippen MR) is 117 cm³/mol. The topological polar surface area (TPSA) is 66.7 Å². The minimum atomic E-state index is -0.723. The lowest BCUT2D eigenvalue weighted by atomic mass is 9.87. The van der Waals surface area contributed by atoms with Crippen LogP contribution < -0.4 is 5.32 Å². The molecule has 2 aromatic carbocycles. The Morgan fingerprint density at radius 1 is 1.03 bits per heavy atom. The van der Waals surface area contributed by atoms with Crippen molar-refractivity contribution >= 4 is 28.8 Å². The van der Waals surface area contributed by atoms with Crippen molar-refractivity contribution in [1.29, 1.82) is 0 Å². The Morgan fingerprint density at radius 2 is 1.87 bits per heavy atom. The summed E-state index contributed by atoms with van der Waals surface area (Å²) >= 11 is 6.25. The fraction of sp³-hybridized carbons (Fsp3) is 0.167. The van der Waals surface area contributed by atoms with Gasteiger partial charge in [-0.15, -0.1) is 0 Å². The predicted octanol–water partition coefficient (Wildman–Crippen LogP) is 4.85. The minimum Gasteiger partial charge on any atom is -0.350 e. The number of hydrogen-bond donors (Lipinski definition) is 1. The van der Waals surface area contributed by atoms with Gasteiger partial charge < -0.3 is 5.32 Å². The molecule has 0 spiro atoms. The highest BCUT2D eigenvalue weighted by atomic mass is 35.5. The fourth-order valence-electron chi connectivity index (χ4n) is 4.01. The first-order valence-electron chi connectivity index (χ1n) is 9.90. The van der Waals surface area contributed by atoms with E-state index in [1.165, 1.54) is 0 Å². The Labute approximate surface area is 179 Å². The zero-order chi connectivity index (χ0) is 20.5. The van der Waals surface area contributed by atoms with Gasteiger partial charge in [0.05, 0.1) is 5.69 Å². The highest BCUT2D eigenvalue weighted by molar-refractivity contribution is 6.30. The molecule has 1 atom stereocenters. The monoisotopic (exact) mass is 414 g/mol. The Kier molecular flexibility index (Phi) is 4.89. The number of hydrogen-bond acceptors (Lipinski definition) is 4. The van der Waals surface area contributed by atoms with Crippen LogP contribution in [0.15, 0.2) is 77.1 Å². The summed E-state index contributed by atoms with van der Waals surface area (Å²) in [4.78, 5) is 17.7. The summed E-state index contributed by atoms with van der Waals surface area (Å²) in [5.74, 6) is -0.180. The van der Waals surface area contributed by atoms with Gasteiger partial charge in [0.1, 0.15) is 5.70 Å². The standard InChI is InChI=1S/C24H19ClN4O/c25-18-10-11-19-17(13-18)9-8-16-7-4-12-26-21(16)20-22(19)28-29-23(20)24(30)27-14-15-5-2-1-3-6-15/h1-7,10-13,23H,8-9,14H2,(H,27,30). The number of carbonyl (C=O) groups excluding carboxylic acids is 1. The minimum absolute atomic E-state index is 0.180. The van der Waals surface area contributed by atoms with E-state index in [0.29, 0.717) is 17.3 Å². The number of rotatable bonds is 3. The van der Waals surface area contributed by atoms with Crippen LogP contribution in [0.4, 0.5) is 0 Å². The molecule has 0 saturated heterocycles. The van der Waals surface area contributed by atoms with Gasteiger partial charge in [-0.1, -0.05) is 54.1 Å². The molecule has 30 heavy (non-hydrogen) atoms. The summed E-state index contributed by atoms with van der Waals surface area (Å²) in [6.45, 7) is 0.440. The molecule has 1 N–H and O–H groups in total. The van der Waals surface area contributed by atoms with E-state index in [1.807, 2.05) is 54.6 Å². The van der Waals surface area contributed by atoms with Gasteiger partial charge >= 0.3 is 0 Å². The molecule has 148 valence electrons. The summed E-state index contributed by atoms with van der Waals surface area (Å²) in [5, 5.41) is 12.5. The molecule has 2 aliphatic rings. The largest absolute Gasteiger partial charge is 0.350 e. The maximum absolute atomic E-state index is 13.1. The Bertz CT molecular complexity index is 1190. The van der Waals surface area contributed by atoms with Crippen molar-refractivity contribution in [2.75, 3.05) is 0 Å². The average Bonchev–Trinajstić information content (AvgIpc) is 3.20. The van der Waals surface area contributed by atoms with Crippen molar-refractivity contribution in [3.05, 3.63) is 99.8 Å². The quantitative estimate of drug-likeness (QED) is 0.665. The third-order valence-corrected chi connectivity index (χ3v) is 5.73. The maximum Gasteiger partial charge on any atom is 0.251 e. The number of aromatic nitrogens is 1. The van der Waals surface area contributed by atoms with Crippen LogP contribution in [0.1, 0.15) is 27.9 Å². The first kappa shape index (κ1) is 18.7. The Hall–Kier alpha value is -3.31. The number of pyridine rings is 1. The molecule has 0 fully saturated rings. The third-order valence-electron chi connectivity index (χ3n) is 5.49. The van der Waals surface area contributed by atoms with E-state index in [4.69, 9.17) is 11.6 Å². The molecule has 1 unspecified atom stereocenters. The smallest absolute Gasteiger partial charge is 0.251 e. The molecule has 5 nitrogen and oxygen atoms in total. The van der Waals surface area contributed by atoms with Gasteiger partial charge in [0, 0.05) is 28.9 Å². The van der Waals surface area contributed by atoms with Crippen molar-refractivity contribution in [1.82, 2.24) is 10.3 Å². The van der Waals surface area contributed by atoms with Crippen molar-refractivity contribution in [2.24, 2.45) is 10.2 Å². The highest BCUT2D eigenvalue weighted by Gasteiger charge is 2.35. The number of carbonyl (C=O) groups is 1. The van der Waals surface area contributed by atoms with Gasteiger partial charge in [0.15, 0.2) is 6.04 Å². The van der Waals surface area contributed by atoms with Gasteiger partial charge in [0.25, 0.3) is 5.91 Å². The van der Waals surface area contributed by atoms with E-state index in [2.05, 4.69) is 26.6 Å². The lowest BCUT2D eigenvalue weighted by molar-refractivity contribution is -0.121. The number of nitrogens with zero attached hydrogens (tertiary/aromatic N) is 3. The van der Waals surface area contributed by atoms with Crippen LogP contribution in [0.3, 0.4) is 0 Å². The summed E-state index contributed by atoms with van der Waals surface area (Å²) in [6, 6.07) is 18.9. The van der Waals surface area contributed by atoms with Crippen LogP contribution >= 0.6 is 11.6 Å². The number of halogens is 1. The van der Waals surface area contributed by atoms with Crippen LogP contribution in [-0.2, 0) is 24.2 Å². The van der Waals surface area contributed by atoms with E-state index >= 15 is 0 Å². The van der Waals surface area contributed by atoms with E-state index in [-0.39, 0.29) is 5.91 Å². The summed E-state index contributed by atoms with van der Waals surface area (Å²) in [5.41, 5.74) is 6.47. The molecule has 1 aromatic heterocycles. The maximum atomic E-state index is 13.1. The molecule has 1 aliphatic heterocycles. The number of benzene rings is 2. The number of aryl methyl sites for hydroxylation is 2. The van der Waals surface area contributed by atoms with E-state index < -0.39 is 6.04 Å². The van der Waals surface area contributed by atoms with Crippen molar-refractivity contribution in [3.63, 3.8) is 0 Å². The Morgan fingerprint density at radius 3 is 2.73 bits per heavy atom. The number of nitrogens with one attached hydrogen (secondary N) is 1. The van der Waals surface area contributed by atoms with Crippen LogP contribution in [0.2, 0.25) is 5.02 Å². The molecule has 3 aromatic rings. The third kappa shape index (κ3) is 3.42. The molecule has 6 heteroatoms. The van der Waals surface area contributed by atoms with Crippen molar-refractivity contribution in [2.45, 2.75) is 25.4 Å². The summed E-state index contributed by atoms with van der Waals surface area (Å²) < 4.78 is 0. The molecular formula is C24H19ClN4O. The van der Waals surface area contributed by atoms with E-state index in [0.717, 1.165) is 46.4 Å². The van der Waals surface area contributed by atoms with Gasteiger partial charge in [-0.2, -0.15) is 10.2 Å². The SMILES string of the molecule is O=C(NCc1ccccc1)C1N=NC2=C1c1ncccc1CCc1cc(Cl)ccc12. The van der Waals surface area contributed by atoms with Crippen LogP contribution in [0.25, 0.3) is 11.3 Å². The second-order valence-electron chi connectivity index (χ2n) is 7.40. The fourth-order valence-corrected chi connectivity index (χ4v) is 4.21. The molecule has 1 aliphatic carbocycles. The van der Waals surface area contributed by atoms with Crippen molar-refractivity contribution < 1.29 is 4.79 Å². The van der Waals surface area contributed by atoms with Gasteiger partial charge in [-0.25, -0.2) is 0 Å². The second kappa shape index (κ2) is 7.84. The van der Waals surface area contributed by atoms with E-state index in [9.17, 15) is 4.79 Å². The van der Waals surface area contributed by atoms with Crippen molar-refractivity contribution in [3.8, 4) is 0 Å². The van der Waals surface area contributed by atoms with Crippen LogP contribution in [0.5, 0.6) is 0 Å². The number of fused-ring (bicyclic) bond motifs is 4. The zero-order valence-electron chi connectivity index (χ0n) is 16.2. The molecule has 1 amide bonds. The van der Waals surface area contributed by atoms with Gasteiger partial charge in [0.2, 0.25) is 0 Å². The van der Waals surface area contributed by atoms with Gasteiger partial charge in [-0.05, 0) is 47.7 Å². The molecule has 2 heterocycles. The average molecular weight is 415 g/mol. The highest BCUT2D eigenvalue weighted by Crippen LogP contribution is 2.41. The second-order valence-corrected chi connectivity index (χ2v) is 7.83. The normalized spacial score (nSPS) is 16.9. The summed E-state index contributed by atoms with van der Waals surface area (Å²) in [7, 11) is 0. The van der Waals surface area contributed by atoms with Gasteiger partial charge in [-0.3, -0.25) is 9.78 Å². The first-order chi connectivity index (χ1) is 14.7. The first-order valence-corrected chi connectivity index (χ1v) is 10.3. The number of amides is 1. The molecule has 0 bridgehead atoms. The zero-order valence-corrected chi connectivity index (χ0v) is 16.9. The van der Waals surface area contributed by atoms with Crippen LogP contribution in [-0.4, -0.2) is 16.9 Å². The van der Waals surface area contributed by atoms with Crippen LogP contribution in [0, 0.1) is 0 Å². The molecular weight excluding hydrogens is 396 g/mol. The van der Waals surface area contributed by atoms with E-state index in [1.54, 1.807) is 6.20 Å². The molecule has 0 radical (unpaired) electrons. The molecule has 5 rings (SSSR count). The lowest BCUT2D eigenvalue weighted by Gasteiger charge is -2.19. The molecule has 0 saturated carbocycles.